The van der Waals surface area contributed by atoms with E-state index in [0.717, 1.165) is 51.9 Å². The molecule has 0 unspecified atom stereocenters. The van der Waals surface area contributed by atoms with Crippen LogP contribution in [0.15, 0.2) is 49.7 Å². The van der Waals surface area contributed by atoms with Crippen LogP contribution in [0.1, 0.15) is 19.4 Å². The fourth-order valence-electron chi connectivity index (χ4n) is 4.91. The summed E-state index contributed by atoms with van der Waals surface area (Å²) in [4.78, 5) is 38.2. The summed E-state index contributed by atoms with van der Waals surface area (Å²) in [6.07, 6.45) is 8.67. The van der Waals surface area contributed by atoms with Gasteiger partial charge in [0, 0.05) is 67.2 Å². The number of hydrogen-bond acceptors (Lipinski definition) is 8. The van der Waals surface area contributed by atoms with Gasteiger partial charge in [0.05, 0.1) is 42.2 Å². The molecule has 1 aliphatic rings. The molecule has 0 radical (unpaired) electrons. The third-order valence-corrected chi connectivity index (χ3v) is 7.12. The van der Waals surface area contributed by atoms with Gasteiger partial charge >= 0.3 is 6.03 Å². The minimum Gasteiger partial charge on any atom is -0.378 e. The second kappa shape index (κ2) is 10.7. The summed E-state index contributed by atoms with van der Waals surface area (Å²) in [5.74, 6) is 0.627. The lowest BCUT2D eigenvalue weighted by molar-refractivity contribution is 0.0564. The molecule has 1 aliphatic heterocycles. The molecule has 0 spiro atoms. The van der Waals surface area contributed by atoms with Crippen molar-refractivity contribution in [2.45, 2.75) is 13.8 Å². The molecule has 1 saturated heterocycles. The predicted molar refractivity (Wildman–Crippen MR) is 153 cm³/mol. The predicted octanol–water partition coefficient (Wildman–Crippen LogP) is 4.13. The quantitative estimate of drug-likeness (QED) is 0.281. The number of rotatable bonds is 7. The number of nitrogens with one attached hydrogen (secondary N) is 3. The van der Waals surface area contributed by atoms with E-state index in [1.807, 2.05) is 12.1 Å². The molecule has 12 heteroatoms. The lowest BCUT2D eigenvalue weighted by Crippen LogP contribution is -2.43. The van der Waals surface area contributed by atoms with Gasteiger partial charge in [0.25, 0.3) is 0 Å². The fourth-order valence-corrected chi connectivity index (χ4v) is 4.91. The van der Waals surface area contributed by atoms with Crippen LogP contribution in [-0.2, 0) is 4.74 Å². The largest absolute Gasteiger partial charge is 0.378 e. The third-order valence-electron chi connectivity index (χ3n) is 7.12. The highest BCUT2D eigenvalue weighted by Gasteiger charge is 2.19. The van der Waals surface area contributed by atoms with Gasteiger partial charge in [-0.1, -0.05) is 6.58 Å². The lowest BCUT2D eigenvalue weighted by Gasteiger charge is -2.26. The zero-order valence-electron chi connectivity index (χ0n) is 22.4. The van der Waals surface area contributed by atoms with Crippen LogP contribution in [0.2, 0.25) is 0 Å². The van der Waals surface area contributed by atoms with Crippen LogP contribution >= 0.6 is 0 Å². The van der Waals surface area contributed by atoms with E-state index in [-0.39, 0.29) is 6.03 Å². The molecule has 0 atom stereocenters. The summed E-state index contributed by atoms with van der Waals surface area (Å²) in [5.41, 5.74) is 6.89. The number of anilines is 1. The minimum absolute atomic E-state index is 0.171. The fraction of sp³-hybridized carbons (Fsp3) is 0.286. The molecule has 6 rings (SSSR count). The molecule has 0 aliphatic carbocycles. The molecule has 0 aromatic carbocycles. The number of nitrogens with zero attached hydrogens (tertiary/aromatic N) is 7. The number of urea groups is 1. The molecule has 6 heterocycles. The first-order valence-corrected chi connectivity index (χ1v) is 13.3. The molecule has 2 amide bonds. The Bertz CT molecular complexity index is 1700. The zero-order valence-corrected chi connectivity index (χ0v) is 22.4. The Morgan fingerprint density at radius 3 is 2.65 bits per heavy atom. The van der Waals surface area contributed by atoms with Crippen LogP contribution < -0.4 is 5.32 Å². The number of pyridine rings is 3. The highest BCUT2D eigenvalue weighted by atomic mass is 16.5. The molecule has 5 aromatic heterocycles. The van der Waals surface area contributed by atoms with Gasteiger partial charge in [-0.2, -0.15) is 5.10 Å². The average Bonchev–Trinajstić information content (AvgIpc) is 3.62. The molecule has 0 saturated carbocycles. The summed E-state index contributed by atoms with van der Waals surface area (Å²) in [6.45, 7) is 12.4. The van der Waals surface area contributed by atoms with Crippen molar-refractivity contribution >= 4 is 39.5 Å². The van der Waals surface area contributed by atoms with Gasteiger partial charge in [0.15, 0.2) is 11.5 Å². The van der Waals surface area contributed by atoms with Crippen LogP contribution in [0.5, 0.6) is 0 Å². The second-order valence-electron chi connectivity index (χ2n) is 9.47. The van der Waals surface area contributed by atoms with Crippen LogP contribution in [-0.4, -0.2) is 90.3 Å². The molecule has 204 valence electrons. The van der Waals surface area contributed by atoms with Crippen molar-refractivity contribution in [3.05, 3.63) is 55.3 Å². The molecular formula is C28H30N10O2. The Morgan fingerprint density at radius 1 is 1.07 bits per heavy atom. The van der Waals surface area contributed by atoms with Gasteiger partial charge < -0.3 is 24.8 Å². The number of carbonyl (C=O) groups is 1. The summed E-state index contributed by atoms with van der Waals surface area (Å²) in [7, 11) is 0. The van der Waals surface area contributed by atoms with Gasteiger partial charge in [-0.25, -0.2) is 14.8 Å². The van der Waals surface area contributed by atoms with Crippen molar-refractivity contribution in [3.63, 3.8) is 0 Å². The maximum absolute atomic E-state index is 12.7. The Labute approximate surface area is 230 Å². The van der Waals surface area contributed by atoms with Crippen molar-refractivity contribution in [3.8, 4) is 22.6 Å². The van der Waals surface area contributed by atoms with E-state index in [9.17, 15) is 4.79 Å². The van der Waals surface area contributed by atoms with Crippen molar-refractivity contribution in [1.82, 2.24) is 44.9 Å². The first kappa shape index (κ1) is 25.4. The number of H-pyrrole nitrogens is 2. The van der Waals surface area contributed by atoms with Crippen molar-refractivity contribution in [2.24, 2.45) is 0 Å². The summed E-state index contributed by atoms with van der Waals surface area (Å²) in [6, 6.07) is 3.70. The number of morpholine rings is 1. The molecule has 0 bridgehead atoms. The number of fused-ring (bicyclic) bond motifs is 2. The topological polar surface area (TPSA) is 141 Å². The highest BCUT2D eigenvalue weighted by Crippen LogP contribution is 2.31. The average molecular weight is 539 g/mol. The van der Waals surface area contributed by atoms with E-state index < -0.39 is 0 Å². The summed E-state index contributed by atoms with van der Waals surface area (Å²) >= 11 is 0. The second-order valence-corrected chi connectivity index (χ2v) is 9.47. The number of imidazole rings is 1. The molecule has 12 nitrogen and oxygen atoms in total. The van der Waals surface area contributed by atoms with E-state index in [4.69, 9.17) is 9.72 Å². The van der Waals surface area contributed by atoms with Crippen LogP contribution in [0.25, 0.3) is 50.4 Å². The van der Waals surface area contributed by atoms with Gasteiger partial charge in [-0.15, -0.1) is 0 Å². The number of carbonyl (C=O) groups excluding carboxylic acids is 1. The van der Waals surface area contributed by atoms with Crippen LogP contribution in [0.3, 0.4) is 0 Å². The van der Waals surface area contributed by atoms with Gasteiger partial charge in [-0.3, -0.25) is 15.1 Å². The van der Waals surface area contributed by atoms with Crippen LogP contribution in [0.4, 0.5) is 10.5 Å². The van der Waals surface area contributed by atoms with Gasteiger partial charge in [0.2, 0.25) is 0 Å². The summed E-state index contributed by atoms with van der Waals surface area (Å²) in [5, 5.41) is 11.2. The van der Waals surface area contributed by atoms with Gasteiger partial charge in [0.1, 0.15) is 11.2 Å². The number of aromatic amines is 2. The number of aromatic nitrogens is 7. The third kappa shape index (κ3) is 4.73. The maximum Gasteiger partial charge on any atom is 0.322 e. The van der Waals surface area contributed by atoms with E-state index in [2.05, 4.69) is 60.8 Å². The molecule has 40 heavy (non-hydrogen) atoms. The van der Waals surface area contributed by atoms with E-state index in [0.29, 0.717) is 49.2 Å². The smallest absolute Gasteiger partial charge is 0.322 e. The number of hydrogen-bond donors (Lipinski definition) is 3. The number of ether oxygens (including phenoxy) is 1. The lowest BCUT2D eigenvalue weighted by atomic mass is 10.1. The zero-order chi connectivity index (χ0) is 27.6. The van der Waals surface area contributed by atoms with Crippen LogP contribution in [0, 0.1) is 0 Å². The normalized spacial score (nSPS) is 13.6. The Kier molecular flexibility index (Phi) is 6.83. The molecule has 5 aromatic rings. The first-order valence-electron chi connectivity index (χ1n) is 13.3. The molecular weight excluding hydrogens is 508 g/mol. The highest BCUT2D eigenvalue weighted by molar-refractivity contribution is 5.96. The Morgan fingerprint density at radius 2 is 1.85 bits per heavy atom. The van der Waals surface area contributed by atoms with E-state index in [1.54, 1.807) is 35.9 Å². The van der Waals surface area contributed by atoms with E-state index in [1.165, 1.54) is 0 Å². The first-order chi connectivity index (χ1) is 19.6. The standard InChI is InChI=1S/C28H30N10O2/c1-4-37(5-2)17(3)22-15-30-16-23-24(22)34-27(33-23)25-21-11-19(13-31-26(21)36-35-25)18-10-20(14-29-12-18)32-28(39)38-6-8-40-9-7-38/h10-16H,3-9H2,1-2H3,(H,32,39)(H,33,34)(H,31,35,36). The van der Waals surface area contributed by atoms with E-state index >= 15 is 0 Å². The summed E-state index contributed by atoms with van der Waals surface area (Å²) < 4.78 is 5.33. The monoisotopic (exact) mass is 538 g/mol. The van der Waals surface area contributed by atoms with Crippen molar-refractivity contribution in [1.29, 1.82) is 0 Å². The van der Waals surface area contributed by atoms with Crippen molar-refractivity contribution in [2.75, 3.05) is 44.7 Å². The molecule has 3 N–H and O–H groups in total. The van der Waals surface area contributed by atoms with Crippen molar-refractivity contribution < 1.29 is 9.53 Å². The Hall–Kier alpha value is -4.84. The molecule has 1 fully saturated rings. The SMILES string of the molecule is C=C(c1cncc2[nH]c(-c3[nH]nc4ncc(-c5cncc(NC(=O)N6CCOCC6)c5)cc34)nc12)N(CC)CC. The number of amides is 2. The maximum atomic E-state index is 12.7. The minimum atomic E-state index is -0.171. The Balaban J connectivity index is 1.32. The van der Waals surface area contributed by atoms with Gasteiger partial charge in [-0.05, 0) is 26.0 Å².